The monoisotopic (exact) mass is 350 g/mol. The number of rotatable bonds is 6. The Labute approximate surface area is 150 Å². The minimum atomic E-state index is 0.127. The normalized spacial score (nSPS) is 15.3. The quantitative estimate of drug-likeness (QED) is 0.670. The molecular formula is C20H18N2O4. The summed E-state index contributed by atoms with van der Waals surface area (Å²) in [6.45, 7) is 4.28. The van der Waals surface area contributed by atoms with Crippen molar-refractivity contribution < 1.29 is 19.1 Å². The van der Waals surface area contributed by atoms with Crippen LogP contribution in [0.5, 0.6) is 11.5 Å². The van der Waals surface area contributed by atoms with Gasteiger partial charge in [0.15, 0.2) is 6.61 Å². The second-order valence-electron chi connectivity index (χ2n) is 6.15. The molecule has 0 spiro atoms. The Morgan fingerprint density at radius 3 is 2.88 bits per heavy atom. The SMILES string of the molecule is C=C(O)CC1COc2cc(OCc3noc(-c4ccccc4)n3)ccc21. The highest BCUT2D eigenvalue weighted by molar-refractivity contribution is 5.52. The van der Waals surface area contributed by atoms with Crippen LogP contribution in [0.3, 0.4) is 0 Å². The van der Waals surface area contributed by atoms with E-state index in [9.17, 15) is 5.11 Å². The van der Waals surface area contributed by atoms with Crippen LogP contribution < -0.4 is 9.47 Å². The van der Waals surface area contributed by atoms with Crippen molar-refractivity contribution in [3.8, 4) is 23.0 Å². The Hall–Kier alpha value is -3.28. The zero-order valence-electron chi connectivity index (χ0n) is 14.1. The largest absolute Gasteiger partial charge is 0.513 e. The molecule has 2 heterocycles. The smallest absolute Gasteiger partial charge is 0.258 e. The van der Waals surface area contributed by atoms with Crippen LogP contribution in [0.2, 0.25) is 0 Å². The van der Waals surface area contributed by atoms with Gasteiger partial charge in [-0.15, -0.1) is 0 Å². The van der Waals surface area contributed by atoms with E-state index in [4.69, 9.17) is 14.0 Å². The summed E-state index contributed by atoms with van der Waals surface area (Å²) in [6, 6.07) is 15.3. The molecule has 1 aromatic heterocycles. The number of allylic oxidation sites excluding steroid dienone is 1. The van der Waals surface area contributed by atoms with Crippen LogP contribution >= 0.6 is 0 Å². The lowest BCUT2D eigenvalue weighted by Crippen LogP contribution is -2.01. The fourth-order valence-corrected chi connectivity index (χ4v) is 2.96. The zero-order chi connectivity index (χ0) is 17.9. The lowest BCUT2D eigenvalue weighted by Gasteiger charge is -2.08. The summed E-state index contributed by atoms with van der Waals surface area (Å²) in [4.78, 5) is 4.34. The third kappa shape index (κ3) is 3.39. The number of aromatic nitrogens is 2. The van der Waals surface area contributed by atoms with E-state index in [1.54, 1.807) is 0 Å². The van der Waals surface area contributed by atoms with Gasteiger partial charge in [-0.25, -0.2) is 0 Å². The first-order valence-electron chi connectivity index (χ1n) is 8.33. The molecule has 0 amide bonds. The predicted molar refractivity (Wildman–Crippen MR) is 95.1 cm³/mol. The third-order valence-corrected chi connectivity index (χ3v) is 4.20. The number of benzene rings is 2. The average Bonchev–Trinajstić information content (AvgIpc) is 3.27. The van der Waals surface area contributed by atoms with E-state index < -0.39 is 0 Å². The van der Waals surface area contributed by atoms with Crippen molar-refractivity contribution in [3.05, 3.63) is 72.3 Å². The average molecular weight is 350 g/mol. The van der Waals surface area contributed by atoms with Crippen LogP contribution in [-0.2, 0) is 6.61 Å². The second-order valence-corrected chi connectivity index (χ2v) is 6.15. The summed E-state index contributed by atoms with van der Waals surface area (Å²) >= 11 is 0. The molecule has 1 aliphatic rings. The van der Waals surface area contributed by atoms with Crippen molar-refractivity contribution in [2.24, 2.45) is 0 Å². The third-order valence-electron chi connectivity index (χ3n) is 4.20. The zero-order valence-corrected chi connectivity index (χ0v) is 14.1. The molecule has 2 aromatic carbocycles. The van der Waals surface area contributed by atoms with E-state index in [2.05, 4.69) is 16.7 Å². The van der Waals surface area contributed by atoms with Crippen molar-refractivity contribution in [2.75, 3.05) is 6.61 Å². The molecule has 6 heteroatoms. The molecule has 132 valence electrons. The molecule has 0 aliphatic carbocycles. The molecule has 0 fully saturated rings. The fraction of sp³-hybridized carbons (Fsp3) is 0.200. The highest BCUT2D eigenvalue weighted by Crippen LogP contribution is 2.39. The maximum atomic E-state index is 9.39. The van der Waals surface area contributed by atoms with E-state index >= 15 is 0 Å². The fourth-order valence-electron chi connectivity index (χ4n) is 2.96. The van der Waals surface area contributed by atoms with Gasteiger partial charge in [0.2, 0.25) is 5.82 Å². The van der Waals surface area contributed by atoms with Crippen LogP contribution in [-0.4, -0.2) is 21.9 Å². The molecule has 1 aliphatic heterocycles. The van der Waals surface area contributed by atoms with E-state index in [0.717, 1.165) is 16.9 Å². The molecule has 0 bridgehead atoms. The van der Waals surface area contributed by atoms with Gasteiger partial charge in [-0.1, -0.05) is 36.0 Å². The van der Waals surface area contributed by atoms with Crippen molar-refractivity contribution in [1.82, 2.24) is 10.1 Å². The molecule has 26 heavy (non-hydrogen) atoms. The standard InChI is InChI=1S/C20H18N2O4/c1-13(23)9-15-11-25-18-10-16(7-8-17(15)18)24-12-19-21-20(26-22-19)14-5-3-2-4-6-14/h2-8,10,15,23H,1,9,11-12H2. The van der Waals surface area contributed by atoms with Gasteiger partial charge in [-0.05, 0) is 18.2 Å². The first kappa shape index (κ1) is 16.2. The number of ether oxygens (including phenoxy) is 2. The number of nitrogens with zero attached hydrogens (tertiary/aromatic N) is 2. The van der Waals surface area contributed by atoms with Gasteiger partial charge in [0.05, 0.1) is 12.4 Å². The van der Waals surface area contributed by atoms with Gasteiger partial charge in [0.1, 0.15) is 11.5 Å². The molecule has 6 nitrogen and oxygen atoms in total. The van der Waals surface area contributed by atoms with Crippen molar-refractivity contribution in [2.45, 2.75) is 18.9 Å². The second kappa shape index (κ2) is 6.92. The van der Waals surface area contributed by atoms with E-state index in [1.165, 1.54) is 0 Å². The molecule has 4 rings (SSSR count). The van der Waals surface area contributed by atoms with Gasteiger partial charge in [-0.2, -0.15) is 4.98 Å². The van der Waals surface area contributed by atoms with Crippen molar-refractivity contribution >= 4 is 0 Å². The van der Waals surface area contributed by atoms with Crippen LogP contribution in [0.4, 0.5) is 0 Å². The lowest BCUT2D eigenvalue weighted by molar-refractivity contribution is 0.283. The summed E-state index contributed by atoms with van der Waals surface area (Å²) in [6.07, 6.45) is 0.498. The van der Waals surface area contributed by atoms with Crippen LogP contribution in [0.25, 0.3) is 11.5 Å². The summed E-state index contributed by atoms with van der Waals surface area (Å²) in [5, 5.41) is 13.3. The first-order valence-corrected chi connectivity index (χ1v) is 8.33. The molecule has 0 saturated carbocycles. The van der Waals surface area contributed by atoms with E-state index in [0.29, 0.717) is 30.5 Å². The summed E-state index contributed by atoms with van der Waals surface area (Å²) < 4.78 is 16.7. The van der Waals surface area contributed by atoms with Crippen molar-refractivity contribution in [1.29, 1.82) is 0 Å². The molecule has 3 aromatic rings. The number of hydrogen-bond donors (Lipinski definition) is 1. The van der Waals surface area contributed by atoms with E-state index in [1.807, 2.05) is 48.5 Å². The summed E-state index contributed by atoms with van der Waals surface area (Å²) in [7, 11) is 0. The maximum absolute atomic E-state index is 9.39. The van der Waals surface area contributed by atoms with Crippen LogP contribution in [0.15, 0.2) is 65.4 Å². The number of aliphatic hydroxyl groups is 1. The topological polar surface area (TPSA) is 77.6 Å². The number of aliphatic hydroxyl groups excluding tert-OH is 1. The molecular weight excluding hydrogens is 332 g/mol. The first-order chi connectivity index (χ1) is 12.7. The Morgan fingerprint density at radius 1 is 1.23 bits per heavy atom. The van der Waals surface area contributed by atoms with Crippen LogP contribution in [0, 0.1) is 0 Å². The predicted octanol–water partition coefficient (Wildman–Crippen LogP) is 4.25. The van der Waals surface area contributed by atoms with Gasteiger partial charge in [-0.3, -0.25) is 0 Å². The lowest BCUT2D eigenvalue weighted by atomic mass is 9.97. The number of hydrogen-bond acceptors (Lipinski definition) is 6. The molecule has 0 radical (unpaired) electrons. The van der Waals surface area contributed by atoms with Gasteiger partial charge < -0.3 is 19.1 Å². The number of fused-ring (bicyclic) bond motifs is 1. The van der Waals surface area contributed by atoms with E-state index in [-0.39, 0.29) is 18.3 Å². The van der Waals surface area contributed by atoms with Crippen molar-refractivity contribution in [3.63, 3.8) is 0 Å². The molecule has 0 saturated heterocycles. The molecule has 1 N–H and O–H groups in total. The Kier molecular flexibility index (Phi) is 4.31. The minimum absolute atomic E-state index is 0.127. The highest BCUT2D eigenvalue weighted by atomic mass is 16.5. The van der Waals surface area contributed by atoms with Gasteiger partial charge in [0, 0.05) is 29.5 Å². The Bertz CT molecular complexity index is 921. The summed E-state index contributed by atoms with van der Waals surface area (Å²) in [5.74, 6) is 2.67. The van der Waals surface area contributed by atoms with Crippen LogP contribution in [0.1, 0.15) is 23.7 Å². The van der Waals surface area contributed by atoms with Gasteiger partial charge >= 0.3 is 0 Å². The minimum Gasteiger partial charge on any atom is -0.513 e. The Balaban J connectivity index is 1.42. The molecule has 1 unspecified atom stereocenters. The molecule has 1 atom stereocenters. The Morgan fingerprint density at radius 2 is 2.08 bits per heavy atom. The summed E-state index contributed by atoms with van der Waals surface area (Å²) in [5.41, 5.74) is 1.92. The maximum Gasteiger partial charge on any atom is 0.258 e. The highest BCUT2D eigenvalue weighted by Gasteiger charge is 2.25. The van der Waals surface area contributed by atoms with Gasteiger partial charge in [0.25, 0.3) is 5.89 Å².